The summed E-state index contributed by atoms with van der Waals surface area (Å²) in [4.78, 5) is 12.9. The van der Waals surface area contributed by atoms with Crippen molar-refractivity contribution in [2.24, 2.45) is 0 Å². The van der Waals surface area contributed by atoms with Crippen LogP contribution in [0.15, 0.2) is 71.6 Å². The molecule has 2 heterocycles. The van der Waals surface area contributed by atoms with E-state index in [0.717, 1.165) is 11.8 Å². The molecule has 0 saturated heterocycles. The van der Waals surface area contributed by atoms with E-state index in [9.17, 15) is 18.0 Å². The molecular weight excluding hydrogens is 359 g/mol. The lowest BCUT2D eigenvalue weighted by atomic mass is 10.3. The Balaban J connectivity index is 1.71. The number of nitrogens with zero attached hydrogens (tertiary/aromatic N) is 3. The number of hydrogen-bond acceptors (Lipinski definition) is 3. The zero-order valence-corrected chi connectivity index (χ0v) is 14.1. The van der Waals surface area contributed by atoms with Gasteiger partial charge in [0.05, 0.1) is 24.7 Å². The molecule has 5 nitrogen and oxygen atoms in total. The van der Waals surface area contributed by atoms with Gasteiger partial charge in [-0.15, -0.1) is 0 Å². The highest BCUT2D eigenvalue weighted by Crippen LogP contribution is 2.19. The number of carbonyl (C=O) groups excluding carboxylic acids is 1. The smallest absolute Gasteiger partial charge is 0.406 e. The molecule has 0 saturated carbocycles. The SMILES string of the molecule is O=C(/C=C/c1cnn(-c2ccccc2)c1)N(Cc1ccco1)CC(F)(F)F. The fourth-order valence-electron chi connectivity index (χ4n) is 2.44. The first-order valence-electron chi connectivity index (χ1n) is 8.07. The zero-order valence-electron chi connectivity index (χ0n) is 14.1. The molecule has 1 aromatic carbocycles. The van der Waals surface area contributed by atoms with Crippen LogP contribution >= 0.6 is 0 Å². The number of halogens is 3. The molecule has 2 aromatic heterocycles. The summed E-state index contributed by atoms with van der Waals surface area (Å²) in [6.07, 6.45) is 2.58. The Morgan fingerprint density at radius 3 is 2.63 bits per heavy atom. The van der Waals surface area contributed by atoms with E-state index < -0.39 is 18.6 Å². The van der Waals surface area contributed by atoms with E-state index in [1.165, 1.54) is 24.6 Å². The summed E-state index contributed by atoms with van der Waals surface area (Å²) >= 11 is 0. The lowest BCUT2D eigenvalue weighted by molar-refractivity contribution is -0.159. The molecule has 0 atom stereocenters. The Hall–Kier alpha value is -3.29. The number of amides is 1. The second kappa shape index (κ2) is 7.94. The molecule has 0 aliphatic rings. The van der Waals surface area contributed by atoms with Crippen LogP contribution in [0.4, 0.5) is 13.2 Å². The molecule has 1 amide bonds. The topological polar surface area (TPSA) is 51.3 Å². The number of para-hydroxylation sites is 1. The summed E-state index contributed by atoms with van der Waals surface area (Å²) < 4.78 is 45.0. The normalized spacial score (nSPS) is 11.8. The lowest BCUT2D eigenvalue weighted by Crippen LogP contribution is -2.37. The van der Waals surface area contributed by atoms with E-state index in [-0.39, 0.29) is 12.3 Å². The minimum atomic E-state index is -4.51. The number of aromatic nitrogens is 2. The Bertz CT molecular complexity index is 900. The molecule has 140 valence electrons. The molecule has 3 aromatic rings. The van der Waals surface area contributed by atoms with Gasteiger partial charge in [-0.3, -0.25) is 4.79 Å². The van der Waals surface area contributed by atoms with E-state index in [2.05, 4.69) is 5.10 Å². The van der Waals surface area contributed by atoms with Crippen molar-refractivity contribution in [3.63, 3.8) is 0 Å². The Morgan fingerprint density at radius 1 is 1.19 bits per heavy atom. The van der Waals surface area contributed by atoms with Crippen LogP contribution in [0.2, 0.25) is 0 Å². The van der Waals surface area contributed by atoms with E-state index in [0.29, 0.717) is 10.5 Å². The van der Waals surface area contributed by atoms with Crippen molar-refractivity contribution in [1.29, 1.82) is 0 Å². The van der Waals surface area contributed by atoms with E-state index in [1.807, 2.05) is 30.3 Å². The van der Waals surface area contributed by atoms with Gasteiger partial charge in [0, 0.05) is 17.8 Å². The first kappa shape index (κ1) is 18.5. The average molecular weight is 375 g/mol. The molecule has 8 heteroatoms. The number of benzene rings is 1. The number of alkyl halides is 3. The molecule has 3 rings (SSSR count). The maximum Gasteiger partial charge on any atom is 0.406 e. The standard InChI is InChI=1S/C19H16F3N3O2/c20-19(21,22)14-24(13-17-7-4-10-27-17)18(26)9-8-15-11-23-25(12-15)16-5-2-1-3-6-16/h1-12H,13-14H2/b9-8+. The van der Waals surface area contributed by atoms with Gasteiger partial charge in [0.2, 0.25) is 5.91 Å². The molecule has 0 unspecified atom stereocenters. The van der Waals surface area contributed by atoms with Gasteiger partial charge in [-0.2, -0.15) is 18.3 Å². The van der Waals surface area contributed by atoms with Crippen LogP contribution in [-0.2, 0) is 11.3 Å². The van der Waals surface area contributed by atoms with Crippen molar-refractivity contribution < 1.29 is 22.4 Å². The van der Waals surface area contributed by atoms with Crippen LogP contribution < -0.4 is 0 Å². The van der Waals surface area contributed by atoms with Crippen LogP contribution in [0.1, 0.15) is 11.3 Å². The summed E-state index contributed by atoms with van der Waals surface area (Å²) in [5.41, 5.74) is 1.43. The van der Waals surface area contributed by atoms with Crippen molar-refractivity contribution in [3.05, 3.63) is 78.5 Å². The summed E-state index contributed by atoms with van der Waals surface area (Å²) in [6, 6.07) is 12.4. The summed E-state index contributed by atoms with van der Waals surface area (Å²) in [5.74, 6) is -0.492. The largest absolute Gasteiger partial charge is 0.467 e. The molecule has 0 aliphatic carbocycles. The first-order chi connectivity index (χ1) is 12.9. The minimum absolute atomic E-state index is 0.265. The zero-order chi connectivity index (χ0) is 19.3. The number of hydrogen-bond donors (Lipinski definition) is 0. The third kappa shape index (κ3) is 5.34. The van der Waals surface area contributed by atoms with Gasteiger partial charge in [0.25, 0.3) is 0 Å². The van der Waals surface area contributed by atoms with Gasteiger partial charge in [-0.1, -0.05) is 18.2 Å². The van der Waals surface area contributed by atoms with Crippen molar-refractivity contribution >= 4 is 12.0 Å². The highest BCUT2D eigenvalue weighted by atomic mass is 19.4. The highest BCUT2D eigenvalue weighted by Gasteiger charge is 2.32. The lowest BCUT2D eigenvalue weighted by Gasteiger charge is -2.21. The second-order valence-electron chi connectivity index (χ2n) is 5.78. The van der Waals surface area contributed by atoms with E-state index in [4.69, 9.17) is 4.42 Å². The average Bonchev–Trinajstić information content (AvgIpc) is 3.30. The fraction of sp³-hybridized carbons (Fsp3) is 0.158. The maximum atomic E-state index is 12.8. The van der Waals surface area contributed by atoms with Crippen molar-refractivity contribution in [2.45, 2.75) is 12.7 Å². The van der Waals surface area contributed by atoms with Crippen LogP contribution in [-0.4, -0.2) is 33.3 Å². The Kier molecular flexibility index (Phi) is 5.44. The van der Waals surface area contributed by atoms with Gasteiger partial charge in [-0.05, 0) is 30.3 Å². The maximum absolute atomic E-state index is 12.8. The Morgan fingerprint density at radius 2 is 1.96 bits per heavy atom. The number of rotatable bonds is 6. The molecule has 0 bridgehead atoms. The van der Waals surface area contributed by atoms with Gasteiger partial charge < -0.3 is 9.32 Å². The molecular formula is C19H16F3N3O2. The van der Waals surface area contributed by atoms with Crippen LogP contribution in [0.5, 0.6) is 0 Å². The predicted octanol–water partition coefficient (Wildman–Crippen LogP) is 4.07. The molecule has 0 spiro atoms. The van der Waals surface area contributed by atoms with Crippen LogP contribution in [0, 0.1) is 0 Å². The minimum Gasteiger partial charge on any atom is -0.467 e. The van der Waals surface area contributed by atoms with Gasteiger partial charge >= 0.3 is 6.18 Å². The molecule has 0 radical (unpaired) electrons. The van der Waals surface area contributed by atoms with E-state index >= 15 is 0 Å². The number of carbonyl (C=O) groups is 1. The number of furan rings is 1. The summed E-state index contributed by atoms with van der Waals surface area (Å²) in [5, 5.41) is 4.17. The monoisotopic (exact) mass is 375 g/mol. The Labute approximate surface area is 153 Å². The van der Waals surface area contributed by atoms with Gasteiger partial charge in [0.1, 0.15) is 12.3 Å². The van der Waals surface area contributed by atoms with Gasteiger partial charge in [-0.25, -0.2) is 4.68 Å². The second-order valence-corrected chi connectivity index (χ2v) is 5.78. The molecule has 27 heavy (non-hydrogen) atoms. The summed E-state index contributed by atoms with van der Waals surface area (Å²) in [7, 11) is 0. The van der Waals surface area contributed by atoms with Crippen LogP contribution in [0.25, 0.3) is 11.8 Å². The van der Waals surface area contributed by atoms with Gasteiger partial charge in [0.15, 0.2) is 0 Å². The molecule has 0 aliphatic heterocycles. The van der Waals surface area contributed by atoms with Crippen molar-refractivity contribution in [2.75, 3.05) is 6.54 Å². The summed E-state index contributed by atoms with van der Waals surface area (Å²) in [6.45, 7) is -1.63. The fourth-order valence-corrected chi connectivity index (χ4v) is 2.44. The quantitative estimate of drug-likeness (QED) is 0.611. The molecule has 0 fully saturated rings. The third-order valence-electron chi connectivity index (χ3n) is 3.65. The van der Waals surface area contributed by atoms with Crippen molar-refractivity contribution in [3.8, 4) is 5.69 Å². The van der Waals surface area contributed by atoms with Crippen molar-refractivity contribution in [1.82, 2.24) is 14.7 Å². The first-order valence-corrected chi connectivity index (χ1v) is 8.07. The van der Waals surface area contributed by atoms with E-state index in [1.54, 1.807) is 16.9 Å². The highest BCUT2D eigenvalue weighted by molar-refractivity contribution is 5.91. The molecule has 0 N–H and O–H groups in total. The van der Waals surface area contributed by atoms with Crippen LogP contribution in [0.3, 0.4) is 0 Å². The third-order valence-corrected chi connectivity index (χ3v) is 3.65. The predicted molar refractivity (Wildman–Crippen MR) is 92.8 cm³/mol.